The molecule has 1 aliphatic heterocycles. The smallest absolute Gasteiger partial charge is 0.143 e. The summed E-state index contributed by atoms with van der Waals surface area (Å²) in [6.07, 6.45) is 4.69. The summed E-state index contributed by atoms with van der Waals surface area (Å²) in [5, 5.41) is 8.71. The minimum absolute atomic E-state index is 0.124. The normalized spacial score (nSPS) is 20.1. The van der Waals surface area contributed by atoms with E-state index < -0.39 is 5.82 Å². The fourth-order valence-corrected chi connectivity index (χ4v) is 2.54. The van der Waals surface area contributed by atoms with E-state index in [2.05, 4.69) is 11.8 Å². The molecule has 90 valence electrons. The lowest BCUT2D eigenvalue weighted by atomic mass is 9.99. The van der Waals surface area contributed by atoms with Crippen molar-refractivity contribution in [2.45, 2.75) is 38.6 Å². The number of nitrogens with zero attached hydrogens (tertiary/aromatic N) is 2. The summed E-state index contributed by atoms with van der Waals surface area (Å²) in [6, 6.07) is 7.29. The maximum absolute atomic E-state index is 13.6. The zero-order valence-electron chi connectivity index (χ0n) is 10.1. The Morgan fingerprint density at radius 3 is 2.94 bits per heavy atom. The molecular formula is C14H17FN2. The maximum atomic E-state index is 13.6. The lowest BCUT2D eigenvalue weighted by Crippen LogP contribution is -2.39. The highest BCUT2D eigenvalue weighted by Gasteiger charge is 2.21. The van der Waals surface area contributed by atoms with Gasteiger partial charge in [0.05, 0.1) is 5.56 Å². The molecular weight excluding hydrogens is 215 g/mol. The monoisotopic (exact) mass is 232 g/mol. The molecule has 0 saturated carbocycles. The summed E-state index contributed by atoms with van der Waals surface area (Å²) >= 11 is 0. The van der Waals surface area contributed by atoms with E-state index in [1.54, 1.807) is 6.07 Å². The first kappa shape index (κ1) is 11.9. The molecule has 0 bridgehead atoms. The van der Waals surface area contributed by atoms with E-state index in [9.17, 15) is 4.39 Å². The van der Waals surface area contributed by atoms with Gasteiger partial charge in [-0.1, -0.05) is 6.92 Å². The summed E-state index contributed by atoms with van der Waals surface area (Å²) in [5.74, 6) is -0.412. The zero-order valence-corrected chi connectivity index (χ0v) is 10.1. The zero-order chi connectivity index (χ0) is 12.3. The van der Waals surface area contributed by atoms with Gasteiger partial charge in [-0.15, -0.1) is 0 Å². The Hall–Kier alpha value is -1.56. The number of nitriles is 1. The summed E-state index contributed by atoms with van der Waals surface area (Å²) in [5.41, 5.74) is 1.03. The average molecular weight is 232 g/mol. The molecule has 1 atom stereocenters. The van der Waals surface area contributed by atoms with E-state index in [0.717, 1.165) is 25.1 Å². The van der Waals surface area contributed by atoms with Crippen molar-refractivity contribution in [3.8, 4) is 6.07 Å². The van der Waals surface area contributed by atoms with Crippen LogP contribution in [0, 0.1) is 17.1 Å². The number of piperidine rings is 1. The van der Waals surface area contributed by atoms with Crippen molar-refractivity contribution >= 4 is 5.69 Å². The van der Waals surface area contributed by atoms with Gasteiger partial charge >= 0.3 is 0 Å². The SMILES string of the molecule is CCC1CCCCN1c1ccc(C#N)c(F)c1. The molecule has 1 fully saturated rings. The van der Waals surface area contributed by atoms with Crippen molar-refractivity contribution in [2.24, 2.45) is 0 Å². The number of hydrogen-bond acceptors (Lipinski definition) is 2. The first-order valence-electron chi connectivity index (χ1n) is 6.22. The van der Waals surface area contributed by atoms with Crippen molar-refractivity contribution in [2.75, 3.05) is 11.4 Å². The summed E-state index contributed by atoms with van der Waals surface area (Å²) in [4.78, 5) is 2.27. The molecule has 2 rings (SSSR count). The largest absolute Gasteiger partial charge is 0.368 e. The average Bonchev–Trinajstić information content (AvgIpc) is 2.38. The fourth-order valence-electron chi connectivity index (χ4n) is 2.54. The first-order valence-corrected chi connectivity index (χ1v) is 6.22. The van der Waals surface area contributed by atoms with Crippen LogP contribution in [0.2, 0.25) is 0 Å². The van der Waals surface area contributed by atoms with E-state index in [0.29, 0.717) is 6.04 Å². The number of rotatable bonds is 2. The van der Waals surface area contributed by atoms with Crippen molar-refractivity contribution < 1.29 is 4.39 Å². The molecule has 1 unspecified atom stereocenters. The van der Waals surface area contributed by atoms with Crippen molar-refractivity contribution in [3.05, 3.63) is 29.6 Å². The van der Waals surface area contributed by atoms with Crippen LogP contribution in [0.4, 0.5) is 10.1 Å². The molecule has 0 amide bonds. The van der Waals surface area contributed by atoms with Crippen LogP contribution in [0.25, 0.3) is 0 Å². The second-order valence-electron chi connectivity index (χ2n) is 4.53. The van der Waals surface area contributed by atoms with Crippen LogP contribution in [0.5, 0.6) is 0 Å². The van der Waals surface area contributed by atoms with Crippen LogP contribution in [0.15, 0.2) is 18.2 Å². The van der Waals surface area contributed by atoms with Crippen molar-refractivity contribution in [1.29, 1.82) is 5.26 Å². The van der Waals surface area contributed by atoms with Gasteiger partial charge in [0.1, 0.15) is 11.9 Å². The second-order valence-corrected chi connectivity index (χ2v) is 4.53. The fraction of sp³-hybridized carbons (Fsp3) is 0.500. The molecule has 1 aromatic carbocycles. The van der Waals surface area contributed by atoms with Gasteiger partial charge < -0.3 is 4.90 Å². The van der Waals surface area contributed by atoms with E-state index in [4.69, 9.17) is 5.26 Å². The molecule has 0 aromatic heterocycles. The summed E-state index contributed by atoms with van der Waals surface area (Å²) in [7, 11) is 0. The summed E-state index contributed by atoms with van der Waals surface area (Å²) < 4.78 is 13.6. The third-order valence-electron chi connectivity index (χ3n) is 3.50. The maximum Gasteiger partial charge on any atom is 0.143 e. The van der Waals surface area contributed by atoms with Gasteiger partial charge in [-0.3, -0.25) is 0 Å². The van der Waals surface area contributed by atoms with Crippen molar-refractivity contribution in [3.63, 3.8) is 0 Å². The Labute approximate surface area is 102 Å². The predicted molar refractivity (Wildman–Crippen MR) is 66.4 cm³/mol. The molecule has 1 aromatic rings. The highest BCUT2D eigenvalue weighted by Crippen LogP contribution is 2.27. The molecule has 3 heteroatoms. The Morgan fingerprint density at radius 2 is 2.29 bits per heavy atom. The van der Waals surface area contributed by atoms with Gasteiger partial charge in [-0.05, 0) is 43.9 Å². The molecule has 0 aliphatic carbocycles. The van der Waals surface area contributed by atoms with Gasteiger partial charge in [0, 0.05) is 18.3 Å². The molecule has 0 radical (unpaired) electrons. The van der Waals surface area contributed by atoms with Crippen LogP contribution in [0.3, 0.4) is 0 Å². The Kier molecular flexibility index (Phi) is 3.63. The molecule has 2 nitrogen and oxygen atoms in total. The number of halogens is 1. The topological polar surface area (TPSA) is 27.0 Å². The number of anilines is 1. The Morgan fingerprint density at radius 1 is 1.47 bits per heavy atom. The van der Waals surface area contributed by atoms with E-state index >= 15 is 0 Å². The van der Waals surface area contributed by atoms with Gasteiger partial charge in [-0.25, -0.2) is 4.39 Å². The van der Waals surface area contributed by atoms with Crippen molar-refractivity contribution in [1.82, 2.24) is 0 Å². The van der Waals surface area contributed by atoms with Crippen LogP contribution in [-0.4, -0.2) is 12.6 Å². The molecule has 0 N–H and O–H groups in total. The number of hydrogen-bond donors (Lipinski definition) is 0. The van der Waals surface area contributed by atoms with Gasteiger partial charge in [-0.2, -0.15) is 5.26 Å². The highest BCUT2D eigenvalue weighted by atomic mass is 19.1. The third-order valence-corrected chi connectivity index (χ3v) is 3.50. The number of benzene rings is 1. The molecule has 17 heavy (non-hydrogen) atoms. The Bertz CT molecular complexity index is 436. The highest BCUT2D eigenvalue weighted by molar-refractivity contribution is 5.51. The summed E-state index contributed by atoms with van der Waals surface area (Å²) in [6.45, 7) is 3.16. The van der Waals surface area contributed by atoms with Crippen LogP contribution >= 0.6 is 0 Å². The molecule has 0 spiro atoms. The lowest BCUT2D eigenvalue weighted by Gasteiger charge is -2.37. The predicted octanol–water partition coefficient (Wildman–Crippen LogP) is 3.47. The molecule has 1 saturated heterocycles. The molecule has 1 aliphatic rings. The van der Waals surface area contributed by atoms with Gasteiger partial charge in [0.2, 0.25) is 0 Å². The standard InChI is InChI=1S/C14H17FN2/c1-2-12-5-3-4-8-17(12)13-7-6-11(10-16)14(15)9-13/h6-7,9,12H,2-5,8H2,1H3. The minimum Gasteiger partial charge on any atom is -0.368 e. The van der Waals surface area contributed by atoms with E-state index in [1.165, 1.54) is 18.9 Å². The quantitative estimate of drug-likeness (QED) is 0.780. The van der Waals surface area contributed by atoms with Crippen LogP contribution in [-0.2, 0) is 0 Å². The lowest BCUT2D eigenvalue weighted by molar-refractivity contribution is 0.449. The van der Waals surface area contributed by atoms with Gasteiger partial charge in [0.25, 0.3) is 0 Å². The van der Waals surface area contributed by atoms with Crippen LogP contribution in [0.1, 0.15) is 38.2 Å². The van der Waals surface area contributed by atoms with E-state index in [-0.39, 0.29) is 5.56 Å². The minimum atomic E-state index is -0.412. The second kappa shape index (κ2) is 5.18. The third kappa shape index (κ3) is 2.41. The first-order chi connectivity index (χ1) is 8.26. The van der Waals surface area contributed by atoms with Crippen LogP contribution < -0.4 is 4.90 Å². The Balaban J connectivity index is 2.26. The van der Waals surface area contributed by atoms with E-state index in [1.807, 2.05) is 12.1 Å². The van der Waals surface area contributed by atoms with Gasteiger partial charge in [0.15, 0.2) is 0 Å². The molecule has 1 heterocycles.